The average molecular weight is 251 g/mol. The van der Waals surface area contributed by atoms with E-state index < -0.39 is 0 Å². The van der Waals surface area contributed by atoms with E-state index in [0.717, 1.165) is 24.9 Å². The van der Waals surface area contributed by atoms with Gasteiger partial charge < -0.3 is 10.1 Å². The van der Waals surface area contributed by atoms with Gasteiger partial charge in [-0.15, -0.1) is 0 Å². The van der Waals surface area contributed by atoms with Crippen LogP contribution in [0.4, 0.5) is 0 Å². The Morgan fingerprint density at radius 3 is 2.44 bits per heavy atom. The molecule has 0 saturated carbocycles. The Hall–Kier alpha value is -1.00. The van der Waals surface area contributed by atoms with Gasteiger partial charge in [0.05, 0.1) is 11.6 Å². The number of nitrogens with one attached hydrogen (secondary N) is 1. The minimum absolute atomic E-state index is 0.128. The summed E-state index contributed by atoms with van der Waals surface area (Å²) in [6, 6.07) is 0.128. The summed E-state index contributed by atoms with van der Waals surface area (Å²) in [6.07, 6.45) is 7.33. The number of nitrogens with zero attached hydrogens (tertiary/aromatic N) is 2. The fourth-order valence-corrected chi connectivity index (χ4v) is 2.15. The predicted molar refractivity (Wildman–Crippen MR) is 73.4 cm³/mol. The van der Waals surface area contributed by atoms with E-state index in [1.165, 1.54) is 0 Å². The summed E-state index contributed by atoms with van der Waals surface area (Å²) >= 11 is 0. The van der Waals surface area contributed by atoms with Crippen molar-refractivity contribution in [3.05, 3.63) is 24.3 Å². The topological polar surface area (TPSA) is 47.0 Å². The monoisotopic (exact) mass is 251 g/mol. The molecular weight excluding hydrogens is 226 g/mol. The van der Waals surface area contributed by atoms with E-state index in [-0.39, 0.29) is 11.6 Å². The molecule has 1 aromatic heterocycles. The van der Waals surface area contributed by atoms with Crippen LogP contribution in [0.5, 0.6) is 0 Å². The second-order valence-corrected chi connectivity index (χ2v) is 4.66. The van der Waals surface area contributed by atoms with Crippen LogP contribution >= 0.6 is 0 Å². The van der Waals surface area contributed by atoms with Gasteiger partial charge in [-0.3, -0.25) is 0 Å². The van der Waals surface area contributed by atoms with Crippen molar-refractivity contribution in [2.75, 3.05) is 13.2 Å². The third-order valence-electron chi connectivity index (χ3n) is 3.30. The number of ether oxygens (including phenoxy) is 1. The van der Waals surface area contributed by atoms with Crippen molar-refractivity contribution in [2.24, 2.45) is 0 Å². The van der Waals surface area contributed by atoms with Crippen LogP contribution < -0.4 is 5.32 Å². The Kier molecular flexibility index (Phi) is 6.22. The molecule has 4 nitrogen and oxygen atoms in total. The van der Waals surface area contributed by atoms with Gasteiger partial charge in [0.25, 0.3) is 0 Å². The lowest BCUT2D eigenvalue weighted by atomic mass is 9.88. The Morgan fingerprint density at radius 2 is 1.94 bits per heavy atom. The minimum Gasteiger partial charge on any atom is -0.374 e. The molecule has 0 saturated heterocycles. The first kappa shape index (κ1) is 15.1. The molecule has 0 spiro atoms. The van der Waals surface area contributed by atoms with Crippen molar-refractivity contribution < 1.29 is 4.74 Å². The van der Waals surface area contributed by atoms with Gasteiger partial charge in [-0.1, -0.05) is 13.8 Å². The molecule has 1 aromatic rings. The summed E-state index contributed by atoms with van der Waals surface area (Å²) < 4.78 is 5.97. The van der Waals surface area contributed by atoms with Crippen molar-refractivity contribution in [1.29, 1.82) is 0 Å². The van der Waals surface area contributed by atoms with Gasteiger partial charge in [-0.25, -0.2) is 9.97 Å². The molecule has 0 aliphatic rings. The molecule has 4 heteroatoms. The van der Waals surface area contributed by atoms with Gasteiger partial charge in [-0.2, -0.15) is 0 Å². The van der Waals surface area contributed by atoms with E-state index in [4.69, 9.17) is 4.74 Å². The second kappa shape index (κ2) is 7.44. The van der Waals surface area contributed by atoms with Gasteiger partial charge in [0.2, 0.25) is 0 Å². The van der Waals surface area contributed by atoms with Crippen LogP contribution in [0.2, 0.25) is 0 Å². The Bertz CT molecular complexity index is 331. The first-order chi connectivity index (χ1) is 8.68. The molecule has 1 heterocycles. The first-order valence-corrected chi connectivity index (χ1v) is 6.80. The van der Waals surface area contributed by atoms with E-state index in [1.54, 1.807) is 6.33 Å². The van der Waals surface area contributed by atoms with Crippen LogP contribution in [0.25, 0.3) is 0 Å². The summed E-state index contributed by atoms with van der Waals surface area (Å²) in [4.78, 5) is 8.23. The minimum atomic E-state index is -0.228. The summed E-state index contributed by atoms with van der Waals surface area (Å²) in [5, 5.41) is 3.56. The molecule has 2 atom stereocenters. The van der Waals surface area contributed by atoms with Crippen LogP contribution in [0.15, 0.2) is 18.7 Å². The molecule has 102 valence electrons. The highest BCUT2D eigenvalue weighted by Gasteiger charge is 2.34. The highest BCUT2D eigenvalue weighted by molar-refractivity contribution is 5.14. The largest absolute Gasteiger partial charge is 0.374 e. The summed E-state index contributed by atoms with van der Waals surface area (Å²) in [5.41, 5.74) is 0.859. The lowest BCUT2D eigenvalue weighted by Crippen LogP contribution is -2.44. The van der Waals surface area contributed by atoms with Crippen LogP contribution in [0.1, 0.15) is 52.1 Å². The number of hydrogen-bond donors (Lipinski definition) is 1. The second-order valence-electron chi connectivity index (χ2n) is 4.66. The van der Waals surface area contributed by atoms with Crippen LogP contribution in [0.3, 0.4) is 0 Å². The van der Waals surface area contributed by atoms with Crippen LogP contribution in [-0.2, 0) is 4.74 Å². The van der Waals surface area contributed by atoms with Gasteiger partial charge in [0.15, 0.2) is 0 Å². The number of aromatic nitrogens is 2. The van der Waals surface area contributed by atoms with Gasteiger partial charge in [0, 0.05) is 24.6 Å². The van der Waals surface area contributed by atoms with E-state index in [9.17, 15) is 0 Å². The number of hydrogen-bond acceptors (Lipinski definition) is 4. The van der Waals surface area contributed by atoms with Crippen molar-refractivity contribution in [1.82, 2.24) is 15.3 Å². The van der Waals surface area contributed by atoms with Crippen molar-refractivity contribution in [2.45, 2.75) is 52.2 Å². The molecule has 0 aliphatic heterocycles. The zero-order valence-electron chi connectivity index (χ0n) is 11.9. The molecule has 18 heavy (non-hydrogen) atoms. The summed E-state index contributed by atoms with van der Waals surface area (Å²) in [7, 11) is 0. The molecule has 0 amide bonds. The fraction of sp³-hybridized carbons (Fsp3) is 0.714. The lowest BCUT2D eigenvalue weighted by molar-refractivity contribution is -0.0564. The Balaban J connectivity index is 2.96. The fourth-order valence-electron chi connectivity index (χ4n) is 2.15. The van der Waals surface area contributed by atoms with Crippen molar-refractivity contribution in [3.8, 4) is 0 Å². The van der Waals surface area contributed by atoms with Crippen LogP contribution in [-0.4, -0.2) is 28.7 Å². The molecule has 0 radical (unpaired) electrons. The summed E-state index contributed by atoms with van der Waals surface area (Å²) in [6.45, 7) is 10.2. The molecule has 0 aliphatic carbocycles. The van der Waals surface area contributed by atoms with Crippen LogP contribution in [0, 0.1) is 0 Å². The zero-order chi connectivity index (χ0) is 13.4. The van der Waals surface area contributed by atoms with Gasteiger partial charge >= 0.3 is 0 Å². The first-order valence-electron chi connectivity index (χ1n) is 6.80. The molecular formula is C14H25N3O. The molecule has 1 rings (SSSR count). The summed E-state index contributed by atoms with van der Waals surface area (Å²) in [5.74, 6) is 0. The van der Waals surface area contributed by atoms with Gasteiger partial charge in [0.1, 0.15) is 6.33 Å². The molecule has 0 bridgehead atoms. The Morgan fingerprint density at radius 1 is 1.28 bits per heavy atom. The highest BCUT2D eigenvalue weighted by Crippen LogP contribution is 2.31. The molecule has 2 unspecified atom stereocenters. The standard InChI is InChI=1S/C14H25N3O/c1-5-8-17-13(12-9-15-11-16-10-12)14(4,6-2)18-7-3/h9-11,13,17H,5-8H2,1-4H3. The maximum Gasteiger partial charge on any atom is 0.115 e. The maximum absolute atomic E-state index is 5.97. The van der Waals surface area contributed by atoms with E-state index in [0.29, 0.717) is 6.61 Å². The third-order valence-corrected chi connectivity index (χ3v) is 3.30. The Labute approximate surface area is 110 Å². The molecule has 0 aromatic carbocycles. The van der Waals surface area contributed by atoms with Crippen molar-refractivity contribution >= 4 is 0 Å². The van der Waals surface area contributed by atoms with Gasteiger partial charge in [-0.05, 0) is 33.2 Å². The van der Waals surface area contributed by atoms with E-state index >= 15 is 0 Å². The number of rotatable bonds is 8. The third kappa shape index (κ3) is 3.75. The quantitative estimate of drug-likeness (QED) is 0.771. The SMILES string of the molecule is CCCNC(c1cncnc1)C(C)(CC)OCC. The van der Waals surface area contributed by atoms with Crippen molar-refractivity contribution in [3.63, 3.8) is 0 Å². The van der Waals surface area contributed by atoms with E-state index in [1.807, 2.05) is 19.3 Å². The average Bonchev–Trinajstić information content (AvgIpc) is 2.40. The predicted octanol–water partition coefficient (Wildman–Crippen LogP) is 2.72. The smallest absolute Gasteiger partial charge is 0.115 e. The normalized spacial score (nSPS) is 16.2. The maximum atomic E-state index is 5.97. The highest BCUT2D eigenvalue weighted by atomic mass is 16.5. The zero-order valence-corrected chi connectivity index (χ0v) is 11.9. The molecule has 0 fully saturated rings. The molecule has 1 N–H and O–H groups in total. The van der Waals surface area contributed by atoms with E-state index in [2.05, 4.69) is 36.1 Å². The lowest BCUT2D eigenvalue weighted by Gasteiger charge is -2.37.